The Morgan fingerprint density at radius 1 is 0.286 bits per heavy atom. The molecule has 262 valence electrons. The molecule has 0 N–H and O–H groups in total. The van der Waals surface area contributed by atoms with E-state index < -0.39 is 0 Å². The Bertz CT molecular complexity index is 3160. The zero-order chi connectivity index (χ0) is 37.0. The number of nitrogens with zero attached hydrogens (tertiary/aromatic N) is 5. The van der Waals surface area contributed by atoms with Crippen LogP contribution in [0.4, 0.5) is 0 Å². The van der Waals surface area contributed by atoms with E-state index in [-0.39, 0.29) is 0 Å². The highest BCUT2D eigenvalue weighted by molar-refractivity contribution is 6.28. The van der Waals surface area contributed by atoms with Gasteiger partial charge >= 0.3 is 0 Å². The Balaban J connectivity index is 1.12. The summed E-state index contributed by atoms with van der Waals surface area (Å²) in [6, 6.07) is 70.4. The summed E-state index contributed by atoms with van der Waals surface area (Å²) >= 11 is 0. The van der Waals surface area contributed by atoms with Gasteiger partial charge in [0.25, 0.3) is 0 Å². The molecule has 11 rings (SSSR count). The van der Waals surface area contributed by atoms with Crippen molar-refractivity contribution in [2.24, 2.45) is 0 Å². The van der Waals surface area contributed by atoms with Crippen molar-refractivity contribution >= 4 is 43.6 Å². The third kappa shape index (κ3) is 5.21. The number of benzene rings is 8. The molecule has 0 radical (unpaired) electrons. The zero-order valence-electron chi connectivity index (χ0n) is 30.3. The SMILES string of the molecule is c1ccc(-c2cccc(-c3ccc(-n4c5ccccc5c5c6c7ccccc7n(-c7nc(-c8ccccc8)nc(-c8ccccc8)n7)c6ccc54)cc3)c2)cc1. The van der Waals surface area contributed by atoms with E-state index in [1.165, 1.54) is 38.4 Å². The van der Waals surface area contributed by atoms with Crippen molar-refractivity contribution < 1.29 is 0 Å². The van der Waals surface area contributed by atoms with Gasteiger partial charge in [-0.2, -0.15) is 9.97 Å². The number of hydrogen-bond donors (Lipinski definition) is 0. The number of para-hydroxylation sites is 2. The lowest BCUT2D eigenvalue weighted by Gasteiger charge is -2.11. The van der Waals surface area contributed by atoms with E-state index in [1.807, 2.05) is 60.7 Å². The van der Waals surface area contributed by atoms with Crippen LogP contribution >= 0.6 is 0 Å². The topological polar surface area (TPSA) is 48.5 Å². The molecule has 0 aliphatic rings. The summed E-state index contributed by atoms with van der Waals surface area (Å²) in [4.78, 5) is 15.3. The minimum absolute atomic E-state index is 0.582. The van der Waals surface area contributed by atoms with Gasteiger partial charge in [-0.05, 0) is 64.7 Å². The van der Waals surface area contributed by atoms with Crippen LogP contribution in [0.1, 0.15) is 0 Å². The highest BCUT2D eigenvalue weighted by atomic mass is 15.2. The van der Waals surface area contributed by atoms with Crippen LogP contribution in [-0.4, -0.2) is 24.1 Å². The number of aromatic nitrogens is 5. The highest BCUT2D eigenvalue weighted by Gasteiger charge is 2.22. The lowest BCUT2D eigenvalue weighted by Crippen LogP contribution is -2.06. The van der Waals surface area contributed by atoms with E-state index >= 15 is 0 Å². The Morgan fingerprint density at radius 3 is 1.27 bits per heavy atom. The van der Waals surface area contributed by atoms with Crippen LogP contribution in [0.3, 0.4) is 0 Å². The van der Waals surface area contributed by atoms with Crippen LogP contribution in [-0.2, 0) is 0 Å². The summed E-state index contributed by atoms with van der Waals surface area (Å²) < 4.78 is 4.60. The van der Waals surface area contributed by atoms with Gasteiger partial charge in [0.2, 0.25) is 5.95 Å². The van der Waals surface area contributed by atoms with Crippen molar-refractivity contribution in [3.63, 3.8) is 0 Å². The van der Waals surface area contributed by atoms with Crippen LogP contribution in [0.5, 0.6) is 0 Å². The first kappa shape index (κ1) is 31.9. The molecule has 56 heavy (non-hydrogen) atoms. The molecule has 8 aromatic carbocycles. The normalized spacial score (nSPS) is 11.6. The van der Waals surface area contributed by atoms with Crippen molar-refractivity contribution in [1.82, 2.24) is 24.1 Å². The second-order valence-electron chi connectivity index (χ2n) is 14.1. The van der Waals surface area contributed by atoms with E-state index in [1.54, 1.807) is 0 Å². The molecule has 0 aliphatic heterocycles. The molecule has 0 spiro atoms. The summed E-state index contributed by atoms with van der Waals surface area (Å²) in [6.07, 6.45) is 0. The maximum Gasteiger partial charge on any atom is 0.238 e. The minimum atomic E-state index is 0.582. The quantitative estimate of drug-likeness (QED) is 0.172. The molecule has 0 aliphatic carbocycles. The average Bonchev–Trinajstić information content (AvgIpc) is 3.80. The van der Waals surface area contributed by atoms with Gasteiger partial charge in [-0.3, -0.25) is 4.57 Å². The van der Waals surface area contributed by atoms with Gasteiger partial charge in [0.05, 0.1) is 22.1 Å². The van der Waals surface area contributed by atoms with Crippen molar-refractivity contribution in [1.29, 1.82) is 0 Å². The van der Waals surface area contributed by atoms with Crippen LogP contribution in [0.25, 0.3) is 100 Å². The van der Waals surface area contributed by atoms with E-state index in [0.717, 1.165) is 44.3 Å². The molecule has 0 saturated carbocycles. The molecule has 5 heteroatoms. The van der Waals surface area contributed by atoms with Crippen LogP contribution in [0.2, 0.25) is 0 Å². The Labute approximate surface area is 323 Å². The fraction of sp³-hybridized carbons (Fsp3) is 0. The second-order valence-corrected chi connectivity index (χ2v) is 14.1. The van der Waals surface area contributed by atoms with Crippen molar-refractivity contribution in [2.45, 2.75) is 0 Å². The van der Waals surface area contributed by atoms with E-state index in [4.69, 9.17) is 15.0 Å². The number of rotatable bonds is 6. The zero-order valence-corrected chi connectivity index (χ0v) is 30.3. The summed E-state index contributed by atoms with van der Waals surface area (Å²) in [6.45, 7) is 0. The van der Waals surface area contributed by atoms with Gasteiger partial charge in [0, 0.05) is 38.4 Å². The molecule has 0 amide bonds. The van der Waals surface area contributed by atoms with Gasteiger partial charge in [-0.15, -0.1) is 0 Å². The van der Waals surface area contributed by atoms with Crippen molar-refractivity contribution in [3.05, 3.63) is 200 Å². The molecular formula is C51H33N5. The predicted octanol–water partition coefficient (Wildman–Crippen LogP) is 12.7. The Morgan fingerprint density at radius 2 is 0.714 bits per heavy atom. The molecule has 0 unspecified atom stereocenters. The molecule has 0 bridgehead atoms. The molecular weight excluding hydrogens is 683 g/mol. The number of hydrogen-bond acceptors (Lipinski definition) is 3. The summed E-state index contributed by atoms with van der Waals surface area (Å²) in [5.41, 5.74) is 12.2. The first-order chi connectivity index (χ1) is 27.8. The van der Waals surface area contributed by atoms with E-state index in [0.29, 0.717) is 17.6 Å². The van der Waals surface area contributed by atoms with Gasteiger partial charge in [-0.1, -0.05) is 158 Å². The monoisotopic (exact) mass is 715 g/mol. The van der Waals surface area contributed by atoms with Crippen molar-refractivity contribution in [3.8, 4) is 56.7 Å². The third-order valence-corrected chi connectivity index (χ3v) is 10.8. The molecule has 5 nitrogen and oxygen atoms in total. The van der Waals surface area contributed by atoms with Gasteiger partial charge < -0.3 is 4.57 Å². The van der Waals surface area contributed by atoms with Crippen LogP contribution < -0.4 is 0 Å². The Kier molecular flexibility index (Phi) is 7.42. The maximum absolute atomic E-state index is 5.16. The molecule has 0 saturated heterocycles. The molecule has 0 atom stereocenters. The van der Waals surface area contributed by atoms with E-state index in [9.17, 15) is 0 Å². The largest absolute Gasteiger partial charge is 0.309 e. The smallest absolute Gasteiger partial charge is 0.238 e. The Hall–Kier alpha value is -7.63. The molecule has 11 aromatic rings. The first-order valence-electron chi connectivity index (χ1n) is 18.9. The lowest BCUT2D eigenvalue weighted by molar-refractivity contribution is 0.953. The van der Waals surface area contributed by atoms with Gasteiger partial charge in [0.15, 0.2) is 11.6 Å². The lowest BCUT2D eigenvalue weighted by atomic mass is 9.99. The van der Waals surface area contributed by atoms with Crippen LogP contribution in [0, 0.1) is 0 Å². The molecule has 3 aromatic heterocycles. The standard InChI is InChI=1S/C51H33N5/c1-4-15-34(16-5-1)38-21-14-22-39(33-38)35-27-29-40(30-28-35)55-43-25-12-10-23-41(43)47-45(55)31-32-46-48(47)42-24-11-13-26-44(42)56(46)51-53-49(36-17-6-2-7-18-36)52-50(54-51)37-19-8-3-9-20-37/h1-33H. The molecule has 3 heterocycles. The third-order valence-electron chi connectivity index (χ3n) is 10.8. The second kappa shape index (κ2) is 13.0. The van der Waals surface area contributed by atoms with Gasteiger partial charge in [-0.25, -0.2) is 4.98 Å². The maximum atomic E-state index is 5.16. The highest BCUT2D eigenvalue weighted by Crippen LogP contribution is 2.42. The number of fused-ring (bicyclic) bond motifs is 7. The van der Waals surface area contributed by atoms with Crippen LogP contribution in [0.15, 0.2) is 200 Å². The summed E-state index contributed by atoms with van der Waals surface area (Å²) in [5.74, 6) is 1.85. The first-order valence-corrected chi connectivity index (χ1v) is 18.9. The van der Waals surface area contributed by atoms with E-state index in [2.05, 4.69) is 149 Å². The summed E-state index contributed by atoms with van der Waals surface area (Å²) in [5, 5.41) is 4.72. The fourth-order valence-corrected chi connectivity index (χ4v) is 8.22. The van der Waals surface area contributed by atoms with Crippen molar-refractivity contribution in [2.75, 3.05) is 0 Å². The fourth-order valence-electron chi connectivity index (χ4n) is 8.22. The van der Waals surface area contributed by atoms with Gasteiger partial charge in [0.1, 0.15) is 0 Å². The molecule has 0 fully saturated rings. The minimum Gasteiger partial charge on any atom is -0.309 e. The summed E-state index contributed by atoms with van der Waals surface area (Å²) in [7, 11) is 0. The predicted molar refractivity (Wildman–Crippen MR) is 230 cm³/mol. The average molecular weight is 716 g/mol.